The molecule has 5 rings (SSSR count). The number of benzene rings is 2. The smallest absolute Gasteiger partial charge is 0.198 e. The molecule has 0 saturated carbocycles. The number of H-pyrrole nitrogens is 1. The fourth-order valence-corrected chi connectivity index (χ4v) is 3.51. The third-order valence-corrected chi connectivity index (χ3v) is 5.06. The van der Waals surface area contributed by atoms with Crippen molar-refractivity contribution in [2.75, 3.05) is 0 Å². The summed E-state index contributed by atoms with van der Waals surface area (Å²) in [5, 5.41) is 11.3. The van der Waals surface area contributed by atoms with Gasteiger partial charge in [0.15, 0.2) is 5.88 Å². The Morgan fingerprint density at radius 1 is 0.967 bits per heavy atom. The number of hydrogen-bond acceptors (Lipinski definition) is 4. The molecule has 30 heavy (non-hydrogen) atoms. The van der Waals surface area contributed by atoms with E-state index in [0.29, 0.717) is 5.56 Å². The molecule has 3 aromatic heterocycles. The maximum Gasteiger partial charge on any atom is 0.198 e. The monoisotopic (exact) mass is 393 g/mol. The number of aromatic nitrogens is 2. The molecule has 3 heterocycles. The number of aliphatic imine (C=N–C) groups is 1. The Kier molecular flexibility index (Phi) is 4.62. The molecular formula is C25H19N3O2. The number of rotatable bonds is 5. The molecule has 0 amide bonds. The molecule has 0 fully saturated rings. The van der Waals surface area contributed by atoms with Gasteiger partial charge in [-0.25, -0.2) is 0 Å². The van der Waals surface area contributed by atoms with Crippen LogP contribution in [0.3, 0.4) is 0 Å². The van der Waals surface area contributed by atoms with Gasteiger partial charge in [-0.15, -0.1) is 0 Å². The zero-order valence-electron chi connectivity index (χ0n) is 16.1. The van der Waals surface area contributed by atoms with Crippen LogP contribution in [0.4, 0.5) is 5.69 Å². The van der Waals surface area contributed by atoms with E-state index >= 15 is 0 Å². The summed E-state index contributed by atoms with van der Waals surface area (Å²) in [7, 11) is 0. The average Bonchev–Trinajstić information content (AvgIpc) is 3.41. The van der Waals surface area contributed by atoms with Crippen molar-refractivity contribution in [1.82, 2.24) is 9.97 Å². The number of aromatic amines is 1. The number of nitrogens with one attached hydrogen (secondary N) is 1. The molecule has 0 aliphatic rings. The van der Waals surface area contributed by atoms with Crippen LogP contribution >= 0.6 is 0 Å². The van der Waals surface area contributed by atoms with Crippen molar-refractivity contribution < 1.29 is 9.52 Å². The molecule has 2 N–H and O–H groups in total. The van der Waals surface area contributed by atoms with Gasteiger partial charge in [-0.1, -0.05) is 24.3 Å². The molecule has 146 valence electrons. The standard InChI is InChI=1S/C25H19N3O2/c29-25-22(21-8-5-19(15-23(21)28-25)24-2-1-13-30-24)16-27-20-6-3-17(4-7-20)14-18-9-11-26-12-10-18/h1-13,15-16,28-29H,14H2. The van der Waals surface area contributed by atoms with Gasteiger partial charge in [0.25, 0.3) is 0 Å². The van der Waals surface area contributed by atoms with Crippen LogP contribution in [-0.2, 0) is 6.42 Å². The van der Waals surface area contributed by atoms with Crippen molar-refractivity contribution >= 4 is 22.8 Å². The Labute approximate surface area is 173 Å². The molecule has 5 heteroatoms. The Balaban J connectivity index is 1.38. The highest BCUT2D eigenvalue weighted by Crippen LogP contribution is 2.30. The Morgan fingerprint density at radius 2 is 1.77 bits per heavy atom. The largest absolute Gasteiger partial charge is 0.494 e. The molecule has 0 atom stereocenters. The molecule has 0 bridgehead atoms. The number of hydrogen-bond donors (Lipinski definition) is 2. The maximum atomic E-state index is 10.4. The maximum absolute atomic E-state index is 10.4. The normalized spacial score (nSPS) is 11.5. The van der Waals surface area contributed by atoms with Crippen LogP contribution in [0.2, 0.25) is 0 Å². The van der Waals surface area contributed by atoms with Crippen LogP contribution in [0.25, 0.3) is 22.2 Å². The minimum atomic E-state index is 0.0969. The summed E-state index contributed by atoms with van der Waals surface area (Å²) < 4.78 is 5.45. The van der Waals surface area contributed by atoms with E-state index in [1.807, 2.05) is 54.6 Å². The Morgan fingerprint density at radius 3 is 2.53 bits per heavy atom. The van der Waals surface area contributed by atoms with Crippen LogP contribution in [0.5, 0.6) is 5.88 Å². The van der Waals surface area contributed by atoms with Gasteiger partial charge >= 0.3 is 0 Å². The van der Waals surface area contributed by atoms with Crippen LogP contribution in [-0.4, -0.2) is 21.3 Å². The number of nitrogens with zero attached hydrogens (tertiary/aromatic N) is 2. The summed E-state index contributed by atoms with van der Waals surface area (Å²) in [5.41, 5.74) is 5.70. The van der Waals surface area contributed by atoms with Crippen LogP contribution in [0, 0.1) is 0 Å². The summed E-state index contributed by atoms with van der Waals surface area (Å²) in [5.74, 6) is 0.882. The molecule has 2 aromatic carbocycles. The highest BCUT2D eigenvalue weighted by molar-refractivity contribution is 6.03. The van der Waals surface area contributed by atoms with Crippen LogP contribution in [0.15, 0.2) is 94.8 Å². The molecule has 0 spiro atoms. The van der Waals surface area contributed by atoms with E-state index in [0.717, 1.165) is 34.3 Å². The van der Waals surface area contributed by atoms with Crippen molar-refractivity contribution in [2.24, 2.45) is 4.99 Å². The molecule has 0 saturated heterocycles. The lowest BCUT2D eigenvalue weighted by Crippen LogP contribution is -1.87. The number of pyridine rings is 1. The van der Waals surface area contributed by atoms with Crippen molar-refractivity contribution in [3.8, 4) is 17.2 Å². The minimum absolute atomic E-state index is 0.0969. The zero-order valence-corrected chi connectivity index (χ0v) is 16.1. The summed E-state index contributed by atoms with van der Waals surface area (Å²) in [4.78, 5) is 11.6. The Bertz CT molecular complexity index is 1300. The van der Waals surface area contributed by atoms with E-state index < -0.39 is 0 Å². The molecular weight excluding hydrogens is 374 g/mol. The SMILES string of the molecule is Oc1[nH]c2cc(-c3ccco3)ccc2c1C=Nc1ccc(Cc2ccncc2)cc1. The van der Waals surface area contributed by atoms with E-state index in [9.17, 15) is 5.11 Å². The molecule has 0 unspecified atom stereocenters. The highest BCUT2D eigenvalue weighted by atomic mass is 16.3. The van der Waals surface area contributed by atoms with Crippen molar-refractivity contribution in [2.45, 2.75) is 6.42 Å². The summed E-state index contributed by atoms with van der Waals surface area (Å²) in [6.45, 7) is 0. The quantitative estimate of drug-likeness (QED) is 0.367. The minimum Gasteiger partial charge on any atom is -0.494 e. The molecule has 0 aliphatic heterocycles. The van der Waals surface area contributed by atoms with Gasteiger partial charge in [0.05, 0.1) is 17.5 Å². The van der Waals surface area contributed by atoms with E-state index in [2.05, 4.69) is 27.1 Å². The number of furan rings is 1. The molecule has 5 nitrogen and oxygen atoms in total. The van der Waals surface area contributed by atoms with Gasteiger partial charge in [-0.2, -0.15) is 0 Å². The van der Waals surface area contributed by atoms with E-state index in [4.69, 9.17) is 4.42 Å². The molecule has 0 aliphatic carbocycles. The third kappa shape index (κ3) is 3.61. The van der Waals surface area contributed by atoms with E-state index in [1.54, 1.807) is 24.9 Å². The fourth-order valence-electron chi connectivity index (χ4n) is 3.51. The van der Waals surface area contributed by atoms with Gasteiger partial charge in [0, 0.05) is 35.1 Å². The zero-order chi connectivity index (χ0) is 20.3. The predicted molar refractivity (Wildman–Crippen MR) is 118 cm³/mol. The van der Waals surface area contributed by atoms with Crippen LogP contribution < -0.4 is 0 Å². The highest BCUT2D eigenvalue weighted by Gasteiger charge is 2.11. The fraction of sp³-hybridized carbons (Fsp3) is 0.0400. The lowest BCUT2D eigenvalue weighted by molar-refractivity contribution is 0.457. The van der Waals surface area contributed by atoms with E-state index in [1.165, 1.54) is 11.1 Å². The first-order valence-corrected chi connectivity index (χ1v) is 9.67. The van der Waals surface area contributed by atoms with Gasteiger partial charge in [-0.3, -0.25) is 9.98 Å². The first-order chi connectivity index (χ1) is 14.8. The second-order valence-corrected chi connectivity index (χ2v) is 7.08. The lowest BCUT2D eigenvalue weighted by Gasteiger charge is -2.02. The third-order valence-electron chi connectivity index (χ3n) is 5.06. The van der Waals surface area contributed by atoms with Crippen molar-refractivity contribution in [1.29, 1.82) is 0 Å². The summed E-state index contributed by atoms with van der Waals surface area (Å²) in [6, 6.07) is 21.8. The first-order valence-electron chi connectivity index (χ1n) is 9.67. The first kappa shape index (κ1) is 17.9. The van der Waals surface area contributed by atoms with Gasteiger partial charge < -0.3 is 14.5 Å². The predicted octanol–water partition coefficient (Wildman–Crippen LogP) is 5.87. The van der Waals surface area contributed by atoms with Gasteiger partial charge in [0.2, 0.25) is 0 Å². The van der Waals surface area contributed by atoms with Gasteiger partial charge in [-0.05, 0) is 60.0 Å². The summed E-state index contributed by atoms with van der Waals surface area (Å²) in [6.07, 6.45) is 7.80. The summed E-state index contributed by atoms with van der Waals surface area (Å²) >= 11 is 0. The lowest BCUT2D eigenvalue weighted by atomic mass is 10.1. The second kappa shape index (κ2) is 7.72. The average molecular weight is 393 g/mol. The second-order valence-electron chi connectivity index (χ2n) is 7.08. The molecule has 0 radical (unpaired) electrons. The van der Waals surface area contributed by atoms with Gasteiger partial charge in [0.1, 0.15) is 5.76 Å². The van der Waals surface area contributed by atoms with Crippen molar-refractivity contribution in [3.63, 3.8) is 0 Å². The van der Waals surface area contributed by atoms with Crippen LogP contribution in [0.1, 0.15) is 16.7 Å². The number of fused-ring (bicyclic) bond motifs is 1. The van der Waals surface area contributed by atoms with E-state index in [-0.39, 0.29) is 5.88 Å². The Hall–Kier alpha value is -4.12. The topological polar surface area (TPSA) is 74.4 Å². The number of aromatic hydroxyl groups is 1. The van der Waals surface area contributed by atoms with Crippen molar-refractivity contribution in [3.05, 3.63) is 102 Å². The molecule has 5 aromatic rings.